The first kappa shape index (κ1) is 19.5. The molecule has 0 radical (unpaired) electrons. The van der Waals surface area contributed by atoms with Crippen LogP contribution in [0.1, 0.15) is 24.1 Å². The number of hydrogen-bond donors (Lipinski definition) is 0. The van der Waals surface area contributed by atoms with Crippen molar-refractivity contribution in [3.8, 4) is 0 Å². The Balaban J connectivity index is 1.56. The minimum Gasteiger partial charge on any atom is -0.342 e. The summed E-state index contributed by atoms with van der Waals surface area (Å²) in [5, 5.41) is 4.04. The van der Waals surface area contributed by atoms with E-state index < -0.39 is 11.6 Å². The second-order valence-corrected chi connectivity index (χ2v) is 7.23. The molecular formula is C19H20ClF2N3O2. The van der Waals surface area contributed by atoms with Crippen molar-refractivity contribution in [2.24, 2.45) is 13.0 Å². The number of piperidine rings is 1. The molecule has 1 saturated heterocycles. The minimum atomic E-state index is -0.746. The van der Waals surface area contributed by atoms with Crippen molar-refractivity contribution >= 4 is 17.5 Å². The SMILES string of the molecule is Cn1nc(CC(=O)N2CCC(Cc3cc(F)cc(F)c3Cl)CC2)ccc1=O. The summed E-state index contributed by atoms with van der Waals surface area (Å²) < 4.78 is 28.2. The van der Waals surface area contributed by atoms with E-state index in [0.29, 0.717) is 30.8 Å². The predicted molar refractivity (Wildman–Crippen MR) is 97.6 cm³/mol. The van der Waals surface area contributed by atoms with Crippen LogP contribution in [0.4, 0.5) is 8.78 Å². The van der Waals surface area contributed by atoms with Gasteiger partial charge in [0.2, 0.25) is 5.91 Å². The highest BCUT2D eigenvalue weighted by molar-refractivity contribution is 6.31. The zero-order chi connectivity index (χ0) is 19.6. The maximum Gasteiger partial charge on any atom is 0.266 e. The van der Waals surface area contributed by atoms with Gasteiger partial charge in [-0.05, 0) is 42.9 Å². The van der Waals surface area contributed by atoms with Gasteiger partial charge in [0.25, 0.3) is 5.56 Å². The standard InChI is InChI=1S/C19H20ClF2N3O2/c1-24-17(26)3-2-15(23-24)11-18(27)25-6-4-12(5-7-25)8-13-9-14(21)10-16(22)19(13)20/h2-3,9-10,12H,4-8,11H2,1H3. The van der Waals surface area contributed by atoms with Gasteiger partial charge in [0.05, 0.1) is 17.1 Å². The Bertz CT molecular complexity index is 908. The molecule has 0 N–H and O–H groups in total. The van der Waals surface area contributed by atoms with Crippen LogP contribution in [0.25, 0.3) is 0 Å². The number of carbonyl (C=O) groups excluding carboxylic acids is 1. The summed E-state index contributed by atoms with van der Waals surface area (Å²) in [5.41, 5.74) is 0.791. The number of hydrogen-bond acceptors (Lipinski definition) is 3. The fraction of sp³-hybridized carbons (Fsp3) is 0.421. The number of amides is 1. The molecule has 0 spiro atoms. The smallest absolute Gasteiger partial charge is 0.266 e. The molecule has 144 valence electrons. The number of likely N-dealkylation sites (tertiary alicyclic amines) is 1. The summed E-state index contributed by atoms with van der Waals surface area (Å²) >= 11 is 5.94. The summed E-state index contributed by atoms with van der Waals surface area (Å²) in [6.45, 7) is 1.15. The van der Waals surface area contributed by atoms with E-state index in [2.05, 4.69) is 5.10 Å². The van der Waals surface area contributed by atoms with Crippen molar-refractivity contribution in [3.05, 3.63) is 62.5 Å². The molecule has 1 aliphatic heterocycles. The van der Waals surface area contributed by atoms with Crippen molar-refractivity contribution in [2.45, 2.75) is 25.7 Å². The zero-order valence-corrected chi connectivity index (χ0v) is 15.7. The monoisotopic (exact) mass is 395 g/mol. The highest BCUT2D eigenvalue weighted by Crippen LogP contribution is 2.28. The zero-order valence-electron chi connectivity index (χ0n) is 14.9. The van der Waals surface area contributed by atoms with Gasteiger partial charge in [0.1, 0.15) is 11.6 Å². The van der Waals surface area contributed by atoms with E-state index in [-0.39, 0.29) is 28.8 Å². The van der Waals surface area contributed by atoms with Crippen molar-refractivity contribution in [1.29, 1.82) is 0 Å². The molecule has 3 rings (SSSR count). The molecule has 0 saturated carbocycles. The molecule has 27 heavy (non-hydrogen) atoms. The average molecular weight is 396 g/mol. The first-order valence-electron chi connectivity index (χ1n) is 8.78. The molecule has 2 heterocycles. The van der Waals surface area contributed by atoms with Crippen LogP contribution in [0.2, 0.25) is 5.02 Å². The van der Waals surface area contributed by atoms with E-state index in [1.165, 1.54) is 16.8 Å². The molecule has 5 nitrogen and oxygen atoms in total. The Labute approximate surface area is 160 Å². The normalized spacial score (nSPS) is 15.2. The van der Waals surface area contributed by atoms with Gasteiger partial charge in [-0.2, -0.15) is 5.10 Å². The van der Waals surface area contributed by atoms with Gasteiger partial charge < -0.3 is 4.90 Å². The van der Waals surface area contributed by atoms with E-state index in [9.17, 15) is 18.4 Å². The number of rotatable bonds is 4. The third-order valence-electron chi connectivity index (χ3n) is 4.89. The molecule has 0 aliphatic carbocycles. The van der Waals surface area contributed by atoms with Crippen LogP contribution in [0.15, 0.2) is 29.1 Å². The van der Waals surface area contributed by atoms with Gasteiger partial charge >= 0.3 is 0 Å². The lowest BCUT2D eigenvalue weighted by atomic mass is 9.90. The molecule has 8 heteroatoms. The molecular weight excluding hydrogens is 376 g/mol. The van der Waals surface area contributed by atoms with Crippen molar-refractivity contribution in [2.75, 3.05) is 13.1 Å². The lowest BCUT2D eigenvalue weighted by molar-refractivity contribution is -0.131. The number of aryl methyl sites for hydroxylation is 1. The molecule has 1 fully saturated rings. The maximum atomic E-state index is 13.6. The first-order valence-corrected chi connectivity index (χ1v) is 9.15. The quantitative estimate of drug-likeness (QED) is 0.748. The van der Waals surface area contributed by atoms with E-state index in [1.807, 2.05) is 0 Å². The third kappa shape index (κ3) is 4.71. The van der Waals surface area contributed by atoms with Crippen LogP contribution >= 0.6 is 11.6 Å². The molecule has 1 aliphatic rings. The van der Waals surface area contributed by atoms with Gasteiger partial charge in [0, 0.05) is 32.3 Å². The van der Waals surface area contributed by atoms with Crippen LogP contribution in [-0.4, -0.2) is 33.7 Å². The molecule has 0 bridgehead atoms. The number of halogens is 3. The van der Waals surface area contributed by atoms with Crippen molar-refractivity contribution in [3.63, 3.8) is 0 Å². The van der Waals surface area contributed by atoms with E-state index >= 15 is 0 Å². The Hall–Kier alpha value is -2.28. The topological polar surface area (TPSA) is 55.2 Å². The molecule has 1 amide bonds. The molecule has 2 aromatic rings. The first-order chi connectivity index (χ1) is 12.8. The van der Waals surface area contributed by atoms with E-state index in [1.54, 1.807) is 18.0 Å². The summed E-state index contributed by atoms with van der Waals surface area (Å²) in [6, 6.07) is 5.01. The largest absolute Gasteiger partial charge is 0.342 e. The number of aromatic nitrogens is 2. The summed E-state index contributed by atoms with van der Waals surface area (Å²) in [4.78, 5) is 25.6. The van der Waals surface area contributed by atoms with Crippen LogP contribution in [0.5, 0.6) is 0 Å². The van der Waals surface area contributed by atoms with Gasteiger partial charge in [-0.15, -0.1) is 0 Å². The van der Waals surface area contributed by atoms with Crippen molar-refractivity contribution in [1.82, 2.24) is 14.7 Å². The predicted octanol–water partition coefficient (Wildman–Crippen LogP) is 2.74. The third-order valence-corrected chi connectivity index (χ3v) is 5.32. The van der Waals surface area contributed by atoms with Gasteiger partial charge in [-0.3, -0.25) is 9.59 Å². The minimum absolute atomic E-state index is 0.0318. The summed E-state index contributed by atoms with van der Waals surface area (Å²) in [6.07, 6.45) is 2.10. The van der Waals surface area contributed by atoms with Crippen LogP contribution in [0.3, 0.4) is 0 Å². The lowest BCUT2D eigenvalue weighted by Gasteiger charge is -2.32. The Morgan fingerprint density at radius 3 is 2.63 bits per heavy atom. The summed E-state index contributed by atoms with van der Waals surface area (Å²) in [5.74, 6) is -1.22. The highest BCUT2D eigenvalue weighted by atomic mass is 35.5. The van der Waals surface area contributed by atoms with Crippen LogP contribution in [0, 0.1) is 17.6 Å². The second kappa shape index (κ2) is 8.17. The van der Waals surface area contributed by atoms with Gasteiger partial charge in [-0.1, -0.05) is 11.6 Å². The number of benzene rings is 1. The molecule has 1 aromatic carbocycles. The van der Waals surface area contributed by atoms with E-state index in [0.717, 1.165) is 18.9 Å². The summed E-state index contributed by atoms with van der Waals surface area (Å²) in [7, 11) is 1.54. The fourth-order valence-electron chi connectivity index (χ4n) is 3.37. The van der Waals surface area contributed by atoms with E-state index in [4.69, 9.17) is 11.6 Å². The Kier molecular flexibility index (Phi) is 5.89. The number of nitrogens with zero attached hydrogens (tertiary/aromatic N) is 3. The average Bonchev–Trinajstić information content (AvgIpc) is 2.63. The number of carbonyl (C=O) groups is 1. The lowest BCUT2D eigenvalue weighted by Crippen LogP contribution is -2.40. The fourth-order valence-corrected chi connectivity index (χ4v) is 3.55. The molecule has 0 atom stereocenters. The maximum absolute atomic E-state index is 13.6. The van der Waals surface area contributed by atoms with Crippen molar-refractivity contribution < 1.29 is 13.6 Å². The molecule has 1 aromatic heterocycles. The van der Waals surface area contributed by atoms with Crippen LogP contribution in [-0.2, 0) is 24.7 Å². The van der Waals surface area contributed by atoms with Gasteiger partial charge in [0.15, 0.2) is 0 Å². The second-order valence-electron chi connectivity index (χ2n) is 6.85. The highest BCUT2D eigenvalue weighted by Gasteiger charge is 2.24. The molecule has 0 unspecified atom stereocenters. The van der Waals surface area contributed by atoms with Crippen LogP contribution < -0.4 is 5.56 Å². The Morgan fingerprint density at radius 2 is 1.96 bits per heavy atom. The van der Waals surface area contributed by atoms with Gasteiger partial charge in [-0.25, -0.2) is 13.5 Å². The Morgan fingerprint density at radius 1 is 1.26 bits per heavy atom.